The maximum atomic E-state index is 12.1. The van der Waals surface area contributed by atoms with Gasteiger partial charge in [-0.05, 0) is 31.5 Å². The lowest BCUT2D eigenvalue weighted by Crippen LogP contribution is -2.24. The molecule has 1 aromatic carbocycles. The van der Waals surface area contributed by atoms with Crippen molar-refractivity contribution in [2.24, 2.45) is 0 Å². The number of methoxy groups -OCH3 is 2. The Balaban J connectivity index is 2.44. The van der Waals surface area contributed by atoms with Gasteiger partial charge in [-0.15, -0.1) is 0 Å². The molecule has 0 N–H and O–H groups in total. The zero-order chi connectivity index (χ0) is 19.8. The molecule has 1 aromatic heterocycles. The van der Waals surface area contributed by atoms with Crippen molar-refractivity contribution in [3.8, 4) is 11.8 Å². The molecule has 0 atom stereocenters. The van der Waals surface area contributed by atoms with Gasteiger partial charge in [0.2, 0.25) is 11.2 Å². The molecular formula is C18H21ClN4O4. The van der Waals surface area contributed by atoms with E-state index in [-0.39, 0.29) is 16.9 Å². The van der Waals surface area contributed by atoms with Gasteiger partial charge in [0.25, 0.3) is 0 Å². The summed E-state index contributed by atoms with van der Waals surface area (Å²) in [5.74, 6) is 0.192. The molecule has 0 radical (unpaired) electrons. The zero-order valence-corrected chi connectivity index (χ0v) is 16.4. The maximum Gasteiger partial charge on any atom is 0.341 e. The number of aromatic nitrogens is 3. The lowest BCUT2D eigenvalue weighted by Gasteiger charge is -2.18. The highest BCUT2D eigenvalue weighted by Crippen LogP contribution is 2.30. The molecule has 2 rings (SSSR count). The van der Waals surface area contributed by atoms with Crippen LogP contribution in [0.3, 0.4) is 0 Å². The summed E-state index contributed by atoms with van der Waals surface area (Å²) in [7, 11) is 2.73. The third kappa shape index (κ3) is 5.07. The molecule has 0 fully saturated rings. The fraction of sp³-hybridized carbons (Fsp3) is 0.333. The second kappa shape index (κ2) is 9.72. The van der Waals surface area contributed by atoms with Crippen LogP contribution in [0.4, 0.5) is 5.95 Å². The first-order valence-corrected chi connectivity index (χ1v) is 8.66. The van der Waals surface area contributed by atoms with Crippen molar-refractivity contribution < 1.29 is 19.0 Å². The van der Waals surface area contributed by atoms with Gasteiger partial charge >= 0.3 is 12.0 Å². The van der Waals surface area contributed by atoms with Crippen LogP contribution in [-0.4, -0.2) is 48.2 Å². The van der Waals surface area contributed by atoms with Gasteiger partial charge in [0.15, 0.2) is 0 Å². The average Bonchev–Trinajstić information content (AvgIpc) is 2.67. The van der Waals surface area contributed by atoms with E-state index < -0.39 is 5.97 Å². The second-order valence-corrected chi connectivity index (χ2v) is 5.55. The molecule has 0 bridgehead atoms. The molecule has 0 saturated carbocycles. The van der Waals surface area contributed by atoms with E-state index in [9.17, 15) is 4.79 Å². The number of carbonyl (C=O) groups excluding carboxylic acids is 1. The van der Waals surface area contributed by atoms with Crippen LogP contribution < -0.4 is 9.64 Å². The molecule has 1 heterocycles. The van der Waals surface area contributed by atoms with Gasteiger partial charge in [-0.25, -0.2) is 4.79 Å². The number of hydrogen-bond acceptors (Lipinski definition) is 8. The molecule has 0 saturated heterocycles. The Morgan fingerprint density at radius 1 is 1.15 bits per heavy atom. The van der Waals surface area contributed by atoms with E-state index in [1.165, 1.54) is 20.5 Å². The summed E-state index contributed by atoms with van der Waals surface area (Å²) in [5, 5.41) is 0.0139. The Labute approximate surface area is 162 Å². The summed E-state index contributed by atoms with van der Waals surface area (Å²) in [6, 6.07) is 6.92. The van der Waals surface area contributed by atoms with E-state index in [2.05, 4.69) is 15.0 Å². The standard InChI is InChI=1S/C18H21ClN4O4/c1-5-23(6-2)17-20-16(19)21-18(22-17)27-14-10-8-7-9-12(14)13(11-25-3)15(24)26-4/h7-11H,5-6H2,1-4H3/b13-11+. The molecule has 9 heteroatoms. The summed E-state index contributed by atoms with van der Waals surface area (Å²) in [6.07, 6.45) is 1.29. The Kier molecular flexibility index (Phi) is 7.36. The first-order valence-electron chi connectivity index (χ1n) is 8.29. The number of anilines is 1. The Bertz CT molecular complexity index is 825. The molecule has 8 nitrogen and oxygen atoms in total. The number of rotatable bonds is 8. The molecule has 144 valence electrons. The summed E-state index contributed by atoms with van der Waals surface area (Å²) in [4.78, 5) is 26.5. The number of esters is 1. The summed E-state index contributed by atoms with van der Waals surface area (Å²) < 4.78 is 15.6. The monoisotopic (exact) mass is 392 g/mol. The third-order valence-corrected chi connectivity index (χ3v) is 3.81. The van der Waals surface area contributed by atoms with Gasteiger partial charge < -0.3 is 19.1 Å². The van der Waals surface area contributed by atoms with E-state index in [0.29, 0.717) is 30.4 Å². The number of ether oxygens (including phenoxy) is 3. The molecule has 0 aliphatic heterocycles. The Hall–Kier alpha value is -2.87. The van der Waals surface area contributed by atoms with E-state index in [0.717, 1.165) is 0 Å². The van der Waals surface area contributed by atoms with Crippen molar-refractivity contribution in [3.63, 3.8) is 0 Å². The van der Waals surface area contributed by atoms with E-state index in [4.69, 9.17) is 25.8 Å². The second-order valence-electron chi connectivity index (χ2n) is 5.22. The van der Waals surface area contributed by atoms with Crippen molar-refractivity contribution >= 4 is 29.1 Å². The molecular weight excluding hydrogens is 372 g/mol. The average molecular weight is 393 g/mol. The Morgan fingerprint density at radius 3 is 2.48 bits per heavy atom. The minimum Gasteiger partial charge on any atom is -0.503 e. The first kappa shape index (κ1) is 20.4. The number of benzene rings is 1. The van der Waals surface area contributed by atoms with E-state index in [1.54, 1.807) is 24.3 Å². The molecule has 0 aliphatic rings. The molecule has 27 heavy (non-hydrogen) atoms. The van der Waals surface area contributed by atoms with Crippen LogP contribution in [0.1, 0.15) is 19.4 Å². The SMILES string of the molecule is CCN(CC)c1nc(Cl)nc(Oc2ccccc2/C(=C\OC)C(=O)OC)n1. The van der Waals surface area contributed by atoms with Crippen molar-refractivity contribution in [1.82, 2.24) is 15.0 Å². The van der Waals surface area contributed by atoms with Crippen LogP contribution in [0.25, 0.3) is 5.57 Å². The van der Waals surface area contributed by atoms with Gasteiger partial charge in [0.05, 0.1) is 20.5 Å². The highest BCUT2D eigenvalue weighted by molar-refractivity contribution is 6.28. The number of nitrogens with zero attached hydrogens (tertiary/aromatic N) is 4. The number of hydrogen-bond donors (Lipinski definition) is 0. The fourth-order valence-corrected chi connectivity index (χ4v) is 2.49. The zero-order valence-electron chi connectivity index (χ0n) is 15.6. The van der Waals surface area contributed by atoms with Crippen molar-refractivity contribution in [3.05, 3.63) is 41.4 Å². The smallest absolute Gasteiger partial charge is 0.341 e. The normalized spacial score (nSPS) is 11.1. The molecule has 0 amide bonds. The highest BCUT2D eigenvalue weighted by Gasteiger charge is 2.19. The number of para-hydroxylation sites is 1. The predicted octanol–water partition coefficient (Wildman–Crippen LogP) is 3.32. The van der Waals surface area contributed by atoms with E-state index in [1.807, 2.05) is 18.7 Å². The van der Waals surface area contributed by atoms with Crippen LogP contribution in [0, 0.1) is 0 Å². The van der Waals surface area contributed by atoms with Crippen LogP contribution in [0.15, 0.2) is 30.5 Å². The van der Waals surface area contributed by atoms with E-state index >= 15 is 0 Å². The van der Waals surface area contributed by atoms with Gasteiger partial charge in [-0.3, -0.25) is 0 Å². The van der Waals surface area contributed by atoms with Crippen molar-refractivity contribution in [2.75, 3.05) is 32.2 Å². The maximum absolute atomic E-state index is 12.1. The predicted molar refractivity (Wildman–Crippen MR) is 102 cm³/mol. The molecule has 0 unspecified atom stereocenters. The van der Waals surface area contributed by atoms with Crippen LogP contribution in [0.5, 0.6) is 11.8 Å². The first-order chi connectivity index (χ1) is 13.0. The summed E-state index contributed by atoms with van der Waals surface area (Å²) >= 11 is 6.02. The number of halogens is 1. The van der Waals surface area contributed by atoms with Gasteiger partial charge in [-0.1, -0.05) is 18.2 Å². The largest absolute Gasteiger partial charge is 0.503 e. The van der Waals surface area contributed by atoms with Crippen LogP contribution in [-0.2, 0) is 14.3 Å². The molecule has 2 aromatic rings. The summed E-state index contributed by atoms with van der Waals surface area (Å²) in [5.41, 5.74) is 0.659. The lowest BCUT2D eigenvalue weighted by molar-refractivity contribution is -0.133. The fourth-order valence-electron chi connectivity index (χ4n) is 2.34. The third-order valence-electron chi connectivity index (χ3n) is 3.64. The van der Waals surface area contributed by atoms with Crippen molar-refractivity contribution in [1.29, 1.82) is 0 Å². The number of carbonyl (C=O) groups is 1. The molecule has 0 aliphatic carbocycles. The Morgan fingerprint density at radius 2 is 1.85 bits per heavy atom. The lowest BCUT2D eigenvalue weighted by atomic mass is 10.1. The molecule has 0 spiro atoms. The quantitative estimate of drug-likeness (QED) is 0.384. The van der Waals surface area contributed by atoms with Gasteiger partial charge in [-0.2, -0.15) is 15.0 Å². The van der Waals surface area contributed by atoms with Gasteiger partial charge in [0, 0.05) is 18.7 Å². The van der Waals surface area contributed by atoms with Crippen LogP contribution in [0.2, 0.25) is 5.28 Å². The minimum atomic E-state index is -0.564. The van der Waals surface area contributed by atoms with Crippen LogP contribution >= 0.6 is 11.6 Å². The topological polar surface area (TPSA) is 86.7 Å². The highest BCUT2D eigenvalue weighted by atomic mass is 35.5. The van der Waals surface area contributed by atoms with Gasteiger partial charge in [0.1, 0.15) is 11.3 Å². The minimum absolute atomic E-state index is 0.0139. The van der Waals surface area contributed by atoms with Crippen molar-refractivity contribution in [2.45, 2.75) is 13.8 Å². The summed E-state index contributed by atoms with van der Waals surface area (Å²) in [6.45, 7) is 5.37.